The second kappa shape index (κ2) is 5.89. The number of benzene rings is 1. The minimum atomic E-state index is -0.540. The van der Waals surface area contributed by atoms with Gasteiger partial charge in [-0.2, -0.15) is 0 Å². The molecule has 2 aliphatic rings. The monoisotopic (exact) mass is 317 g/mol. The van der Waals surface area contributed by atoms with E-state index in [9.17, 15) is 4.79 Å². The lowest BCUT2D eigenvalue weighted by Gasteiger charge is -2.29. The summed E-state index contributed by atoms with van der Waals surface area (Å²) in [7, 11) is 1.61. The van der Waals surface area contributed by atoms with Gasteiger partial charge < -0.3 is 14.2 Å². The maximum atomic E-state index is 12.4. The summed E-state index contributed by atoms with van der Waals surface area (Å²) in [5.74, 6) is 1.18. The van der Waals surface area contributed by atoms with Gasteiger partial charge in [0, 0.05) is 23.1 Å². The second-order valence-electron chi connectivity index (χ2n) is 6.57. The number of nitrogens with one attached hydrogen (secondary N) is 1. The van der Waals surface area contributed by atoms with Gasteiger partial charge in [0.1, 0.15) is 17.5 Å². The van der Waals surface area contributed by atoms with E-state index in [0.29, 0.717) is 25.5 Å². The summed E-state index contributed by atoms with van der Waals surface area (Å²) in [6.07, 6.45) is 2.22. The van der Waals surface area contributed by atoms with Gasteiger partial charge in [-0.25, -0.2) is 4.79 Å². The van der Waals surface area contributed by atoms with Crippen molar-refractivity contribution in [3.8, 4) is 11.5 Å². The van der Waals surface area contributed by atoms with Crippen LogP contribution in [0.25, 0.3) is 5.57 Å². The van der Waals surface area contributed by atoms with Crippen LogP contribution in [0.2, 0.25) is 0 Å². The Hall–Kier alpha value is -2.01. The van der Waals surface area contributed by atoms with Crippen LogP contribution in [0.3, 0.4) is 0 Å². The van der Waals surface area contributed by atoms with Crippen LogP contribution in [0.15, 0.2) is 18.2 Å². The van der Waals surface area contributed by atoms with Crippen molar-refractivity contribution in [2.75, 3.05) is 26.9 Å². The van der Waals surface area contributed by atoms with Gasteiger partial charge in [-0.1, -0.05) is 19.9 Å². The molecule has 2 aliphatic heterocycles. The van der Waals surface area contributed by atoms with Crippen molar-refractivity contribution >= 4 is 11.5 Å². The lowest BCUT2D eigenvalue weighted by atomic mass is 9.85. The van der Waals surface area contributed by atoms with E-state index in [2.05, 4.69) is 25.2 Å². The zero-order chi connectivity index (χ0) is 16.6. The number of esters is 1. The van der Waals surface area contributed by atoms with Crippen molar-refractivity contribution in [1.29, 1.82) is 0 Å². The van der Waals surface area contributed by atoms with Crippen LogP contribution < -0.4 is 14.8 Å². The van der Waals surface area contributed by atoms with Crippen molar-refractivity contribution in [2.45, 2.75) is 26.8 Å². The molecular formula is C18H23NO4. The molecule has 1 atom stereocenters. The molecule has 23 heavy (non-hydrogen) atoms. The number of carbonyl (C=O) groups excluding carboxylic acids is 1. The SMILES string of the molecule is CCOC(=O)C1NCC2=CC(C)(C)COc3ccc(OC)c1c32. The summed E-state index contributed by atoms with van der Waals surface area (Å²) < 4.78 is 16.7. The van der Waals surface area contributed by atoms with Gasteiger partial charge in [-0.15, -0.1) is 0 Å². The minimum Gasteiger partial charge on any atom is -0.496 e. The summed E-state index contributed by atoms with van der Waals surface area (Å²) >= 11 is 0. The van der Waals surface area contributed by atoms with Crippen LogP contribution in [0, 0.1) is 5.41 Å². The van der Waals surface area contributed by atoms with Gasteiger partial charge in [0.2, 0.25) is 0 Å². The first-order chi connectivity index (χ1) is 11.0. The largest absolute Gasteiger partial charge is 0.496 e. The molecular weight excluding hydrogens is 294 g/mol. The predicted octanol–water partition coefficient (Wildman–Crippen LogP) is 2.70. The first-order valence-electron chi connectivity index (χ1n) is 7.92. The second-order valence-corrected chi connectivity index (χ2v) is 6.57. The highest BCUT2D eigenvalue weighted by atomic mass is 16.5. The first kappa shape index (κ1) is 15.9. The van der Waals surface area contributed by atoms with Gasteiger partial charge in [0.15, 0.2) is 0 Å². The topological polar surface area (TPSA) is 56.8 Å². The zero-order valence-corrected chi connectivity index (χ0v) is 14.1. The van der Waals surface area contributed by atoms with Crippen LogP contribution >= 0.6 is 0 Å². The first-order valence-corrected chi connectivity index (χ1v) is 7.92. The van der Waals surface area contributed by atoms with Crippen molar-refractivity contribution in [2.24, 2.45) is 5.41 Å². The fourth-order valence-electron chi connectivity index (χ4n) is 3.23. The number of rotatable bonds is 3. The average Bonchev–Trinajstić information content (AvgIpc) is 2.65. The molecule has 3 rings (SSSR count). The molecule has 5 heteroatoms. The third-order valence-corrected chi connectivity index (χ3v) is 4.18. The smallest absolute Gasteiger partial charge is 0.327 e. The van der Waals surface area contributed by atoms with Crippen LogP contribution in [0.1, 0.15) is 37.9 Å². The third-order valence-electron chi connectivity index (χ3n) is 4.18. The average molecular weight is 317 g/mol. The van der Waals surface area contributed by atoms with Crippen molar-refractivity contribution < 1.29 is 19.0 Å². The standard InChI is InChI=1S/C18H23NO4/c1-5-22-17(20)16-15-12(21-4)6-7-13-14(15)11(9-19-16)8-18(2,3)10-23-13/h6-8,16,19H,5,9-10H2,1-4H3. The molecule has 0 fully saturated rings. The van der Waals surface area contributed by atoms with Crippen molar-refractivity contribution in [3.05, 3.63) is 29.3 Å². The van der Waals surface area contributed by atoms with E-state index >= 15 is 0 Å². The Labute approximate surface area is 136 Å². The van der Waals surface area contributed by atoms with E-state index in [4.69, 9.17) is 14.2 Å². The third kappa shape index (κ3) is 2.81. The number of methoxy groups -OCH3 is 1. The number of hydrogen-bond acceptors (Lipinski definition) is 5. The molecule has 0 radical (unpaired) electrons. The van der Waals surface area contributed by atoms with Gasteiger partial charge in [0.25, 0.3) is 0 Å². The summed E-state index contributed by atoms with van der Waals surface area (Å²) in [4.78, 5) is 12.4. The Morgan fingerprint density at radius 1 is 1.43 bits per heavy atom. The Morgan fingerprint density at radius 2 is 2.22 bits per heavy atom. The zero-order valence-electron chi connectivity index (χ0n) is 14.1. The summed E-state index contributed by atoms with van der Waals surface area (Å²) in [6.45, 7) is 7.63. The number of ether oxygens (including phenoxy) is 3. The normalized spacial score (nSPS) is 21.4. The molecule has 0 aliphatic carbocycles. The summed E-state index contributed by atoms with van der Waals surface area (Å²) in [5, 5.41) is 3.28. The lowest BCUT2D eigenvalue weighted by molar-refractivity contribution is -0.145. The number of hydrogen-bond donors (Lipinski definition) is 1. The van der Waals surface area contributed by atoms with Gasteiger partial charge in [-0.3, -0.25) is 5.32 Å². The fraction of sp³-hybridized carbons (Fsp3) is 0.500. The molecule has 0 saturated carbocycles. The van der Waals surface area contributed by atoms with Crippen LogP contribution in [-0.4, -0.2) is 32.8 Å². The maximum Gasteiger partial charge on any atom is 0.327 e. The highest BCUT2D eigenvalue weighted by Crippen LogP contribution is 2.45. The summed E-state index contributed by atoms with van der Waals surface area (Å²) in [5.41, 5.74) is 2.83. The molecule has 0 amide bonds. The molecule has 0 saturated heterocycles. The molecule has 124 valence electrons. The number of carbonyl (C=O) groups is 1. The molecule has 1 aromatic carbocycles. The molecule has 0 spiro atoms. The van der Waals surface area contributed by atoms with Crippen molar-refractivity contribution in [1.82, 2.24) is 5.32 Å². The minimum absolute atomic E-state index is 0.0721. The lowest BCUT2D eigenvalue weighted by Crippen LogP contribution is -2.36. The van der Waals surface area contributed by atoms with E-state index in [1.165, 1.54) is 0 Å². The molecule has 0 aromatic heterocycles. The van der Waals surface area contributed by atoms with Gasteiger partial charge in [0.05, 0.1) is 20.3 Å². The van der Waals surface area contributed by atoms with E-state index < -0.39 is 6.04 Å². The fourth-order valence-corrected chi connectivity index (χ4v) is 3.23. The Morgan fingerprint density at radius 3 is 2.91 bits per heavy atom. The van der Waals surface area contributed by atoms with E-state index in [1.807, 2.05) is 12.1 Å². The highest BCUT2D eigenvalue weighted by Gasteiger charge is 2.37. The Bertz CT molecular complexity index is 663. The highest BCUT2D eigenvalue weighted by molar-refractivity contribution is 5.88. The molecule has 0 bridgehead atoms. The quantitative estimate of drug-likeness (QED) is 0.869. The van der Waals surface area contributed by atoms with Crippen LogP contribution in [0.4, 0.5) is 0 Å². The van der Waals surface area contributed by atoms with Crippen LogP contribution in [0.5, 0.6) is 11.5 Å². The van der Waals surface area contributed by atoms with E-state index in [0.717, 1.165) is 22.4 Å². The van der Waals surface area contributed by atoms with E-state index in [1.54, 1.807) is 14.0 Å². The van der Waals surface area contributed by atoms with Crippen molar-refractivity contribution in [3.63, 3.8) is 0 Å². The van der Waals surface area contributed by atoms with Gasteiger partial charge in [-0.05, 0) is 24.6 Å². The summed E-state index contributed by atoms with van der Waals surface area (Å²) in [6, 6.07) is 3.23. The predicted molar refractivity (Wildman–Crippen MR) is 87.6 cm³/mol. The van der Waals surface area contributed by atoms with Crippen LogP contribution in [-0.2, 0) is 9.53 Å². The molecule has 1 aromatic rings. The van der Waals surface area contributed by atoms with Gasteiger partial charge >= 0.3 is 5.97 Å². The molecule has 1 N–H and O–H groups in total. The Balaban J connectivity index is 2.18. The Kier molecular flexibility index (Phi) is 4.06. The van der Waals surface area contributed by atoms with E-state index in [-0.39, 0.29) is 11.4 Å². The molecule has 2 heterocycles. The maximum absolute atomic E-state index is 12.4. The molecule has 5 nitrogen and oxygen atoms in total. The molecule has 1 unspecified atom stereocenters.